The first-order valence-corrected chi connectivity index (χ1v) is 9.21. The number of nitrogens with one attached hydrogen (secondary N) is 1. The topological polar surface area (TPSA) is 39.1 Å². The van der Waals surface area contributed by atoms with Crippen molar-refractivity contribution in [3.05, 3.63) is 33.8 Å². The zero-order chi connectivity index (χ0) is 16.2. The van der Waals surface area contributed by atoms with Crippen molar-refractivity contribution in [3.63, 3.8) is 0 Å². The van der Waals surface area contributed by atoms with Crippen LogP contribution in [0.3, 0.4) is 0 Å². The van der Waals surface area contributed by atoms with Crippen LogP contribution in [0.15, 0.2) is 18.2 Å². The summed E-state index contributed by atoms with van der Waals surface area (Å²) in [7, 11) is 0. The Hall–Kier alpha value is -0.790. The van der Waals surface area contributed by atoms with E-state index in [4.69, 9.17) is 23.2 Å². The van der Waals surface area contributed by atoms with Crippen LogP contribution in [0.2, 0.25) is 10.0 Å². The van der Waals surface area contributed by atoms with E-state index in [0.29, 0.717) is 22.0 Å². The molecule has 0 saturated carbocycles. The minimum absolute atomic E-state index is 0.105. The average Bonchev–Trinajstić information content (AvgIpc) is 2.59. The van der Waals surface area contributed by atoms with E-state index in [-0.39, 0.29) is 5.92 Å². The minimum atomic E-state index is 0.105. The van der Waals surface area contributed by atoms with Gasteiger partial charge in [-0.3, -0.25) is 4.90 Å². The molecule has 1 N–H and O–H groups in total. The molecule has 2 atom stereocenters. The van der Waals surface area contributed by atoms with Gasteiger partial charge in [-0.2, -0.15) is 5.26 Å². The van der Waals surface area contributed by atoms with Crippen molar-refractivity contribution in [2.45, 2.75) is 31.7 Å². The van der Waals surface area contributed by atoms with Gasteiger partial charge >= 0.3 is 0 Å². The molecule has 0 unspecified atom stereocenters. The smallest absolute Gasteiger partial charge is 0.0672 e. The van der Waals surface area contributed by atoms with E-state index < -0.39 is 0 Å². The summed E-state index contributed by atoms with van der Waals surface area (Å²) in [5, 5.41) is 14.2. The number of benzene rings is 1. The molecule has 23 heavy (non-hydrogen) atoms. The third-order valence-electron chi connectivity index (χ3n) is 5.26. The van der Waals surface area contributed by atoms with Crippen molar-refractivity contribution >= 4 is 23.2 Å². The van der Waals surface area contributed by atoms with E-state index in [1.165, 1.54) is 18.4 Å². The molecule has 0 amide bonds. The number of rotatable bonds is 3. The number of hydrogen-bond donors (Lipinski definition) is 1. The Labute approximate surface area is 148 Å². The highest BCUT2D eigenvalue weighted by Gasteiger charge is 2.33. The van der Waals surface area contributed by atoms with Crippen LogP contribution >= 0.6 is 23.2 Å². The second kappa shape index (κ2) is 7.85. The van der Waals surface area contributed by atoms with Gasteiger partial charge in [-0.05, 0) is 68.9 Å². The lowest BCUT2D eigenvalue weighted by Gasteiger charge is -2.41. The third kappa shape index (κ3) is 4.19. The maximum absolute atomic E-state index is 9.62. The van der Waals surface area contributed by atoms with Gasteiger partial charge in [-0.15, -0.1) is 0 Å². The van der Waals surface area contributed by atoms with Crippen molar-refractivity contribution in [1.82, 2.24) is 10.2 Å². The first-order valence-electron chi connectivity index (χ1n) is 8.45. The van der Waals surface area contributed by atoms with Crippen LogP contribution in [0.25, 0.3) is 0 Å². The molecule has 2 aliphatic rings. The summed E-state index contributed by atoms with van der Waals surface area (Å²) >= 11 is 12.1. The highest BCUT2D eigenvalue weighted by atomic mass is 35.5. The van der Waals surface area contributed by atoms with Gasteiger partial charge in [0.1, 0.15) is 0 Å². The highest BCUT2D eigenvalue weighted by molar-refractivity contribution is 6.42. The molecule has 0 spiro atoms. The van der Waals surface area contributed by atoms with E-state index >= 15 is 0 Å². The summed E-state index contributed by atoms with van der Waals surface area (Å²) in [5.41, 5.74) is 1.18. The van der Waals surface area contributed by atoms with Crippen molar-refractivity contribution < 1.29 is 0 Å². The second-order valence-electron chi connectivity index (χ2n) is 6.71. The van der Waals surface area contributed by atoms with Crippen LogP contribution in [0, 0.1) is 23.2 Å². The largest absolute Gasteiger partial charge is 0.317 e. The summed E-state index contributed by atoms with van der Waals surface area (Å²) in [6, 6.07) is 9.03. The maximum Gasteiger partial charge on any atom is 0.0672 e. The average molecular weight is 352 g/mol. The van der Waals surface area contributed by atoms with Crippen molar-refractivity contribution in [3.8, 4) is 6.07 Å². The zero-order valence-corrected chi connectivity index (χ0v) is 14.8. The quantitative estimate of drug-likeness (QED) is 0.901. The summed E-state index contributed by atoms with van der Waals surface area (Å²) in [6.07, 6.45) is 4.41. The number of nitriles is 1. The van der Waals surface area contributed by atoms with Gasteiger partial charge in [-0.25, -0.2) is 0 Å². The van der Waals surface area contributed by atoms with Gasteiger partial charge in [0.2, 0.25) is 0 Å². The highest BCUT2D eigenvalue weighted by Crippen LogP contribution is 2.31. The summed E-state index contributed by atoms with van der Waals surface area (Å²) in [4.78, 5) is 2.54. The van der Waals surface area contributed by atoms with Gasteiger partial charge in [0.25, 0.3) is 0 Å². The number of nitrogens with zero attached hydrogens (tertiary/aromatic N) is 2. The van der Waals surface area contributed by atoms with Gasteiger partial charge in [0, 0.05) is 12.6 Å². The molecule has 2 fully saturated rings. The molecular weight excluding hydrogens is 329 g/mol. The Bertz CT molecular complexity index is 578. The molecule has 0 aromatic heterocycles. The SMILES string of the molecule is N#C[C@@H]1CN(C2CCNCC2)CC[C@@H]1Cc1ccc(Cl)c(Cl)c1. The molecular formula is C18H23Cl2N3. The fraction of sp³-hybridized carbons (Fsp3) is 0.611. The van der Waals surface area contributed by atoms with E-state index in [9.17, 15) is 5.26 Å². The number of piperidine rings is 2. The molecule has 5 heteroatoms. The Kier molecular flexibility index (Phi) is 5.82. The van der Waals surface area contributed by atoms with Gasteiger partial charge in [-0.1, -0.05) is 29.3 Å². The van der Waals surface area contributed by atoms with Gasteiger partial charge in [0.15, 0.2) is 0 Å². The van der Waals surface area contributed by atoms with Crippen molar-refractivity contribution in [2.75, 3.05) is 26.2 Å². The van der Waals surface area contributed by atoms with Gasteiger partial charge < -0.3 is 5.32 Å². The van der Waals surface area contributed by atoms with Crippen LogP contribution in [0.1, 0.15) is 24.8 Å². The summed E-state index contributed by atoms with van der Waals surface area (Å²) in [5.74, 6) is 0.517. The molecule has 0 radical (unpaired) electrons. The van der Waals surface area contributed by atoms with E-state index in [1.807, 2.05) is 18.2 Å². The molecule has 2 aliphatic heterocycles. The minimum Gasteiger partial charge on any atom is -0.317 e. The lowest BCUT2D eigenvalue weighted by molar-refractivity contribution is 0.0867. The molecule has 2 saturated heterocycles. The fourth-order valence-electron chi connectivity index (χ4n) is 3.89. The normalized spacial score (nSPS) is 26.8. The van der Waals surface area contributed by atoms with E-state index in [0.717, 1.165) is 39.0 Å². The first kappa shape index (κ1) is 17.0. The molecule has 3 nitrogen and oxygen atoms in total. The molecule has 124 valence electrons. The van der Waals surface area contributed by atoms with Crippen molar-refractivity contribution in [2.24, 2.45) is 11.8 Å². The van der Waals surface area contributed by atoms with Crippen LogP contribution in [0.4, 0.5) is 0 Å². The lowest BCUT2D eigenvalue weighted by atomic mass is 9.81. The summed E-state index contributed by atoms with van der Waals surface area (Å²) in [6.45, 7) is 4.22. The molecule has 1 aromatic rings. The predicted octanol–water partition coefficient (Wildman–Crippen LogP) is 3.75. The zero-order valence-electron chi connectivity index (χ0n) is 13.3. The Morgan fingerprint density at radius 3 is 2.65 bits per heavy atom. The lowest BCUT2D eigenvalue weighted by Crippen LogP contribution is -2.49. The van der Waals surface area contributed by atoms with Crippen molar-refractivity contribution in [1.29, 1.82) is 5.26 Å². The predicted molar refractivity (Wildman–Crippen MR) is 94.8 cm³/mol. The monoisotopic (exact) mass is 351 g/mol. The van der Waals surface area contributed by atoms with Crippen LogP contribution < -0.4 is 5.32 Å². The van der Waals surface area contributed by atoms with Crippen LogP contribution in [-0.4, -0.2) is 37.1 Å². The Morgan fingerprint density at radius 1 is 1.17 bits per heavy atom. The fourth-order valence-corrected chi connectivity index (χ4v) is 4.21. The molecule has 2 heterocycles. The first-order chi connectivity index (χ1) is 11.2. The second-order valence-corrected chi connectivity index (χ2v) is 7.53. The third-order valence-corrected chi connectivity index (χ3v) is 6.00. The Morgan fingerprint density at radius 2 is 1.96 bits per heavy atom. The molecule has 1 aromatic carbocycles. The number of likely N-dealkylation sites (tertiary alicyclic amines) is 1. The molecule has 0 aliphatic carbocycles. The van der Waals surface area contributed by atoms with Gasteiger partial charge in [0.05, 0.1) is 22.0 Å². The number of hydrogen-bond acceptors (Lipinski definition) is 3. The van der Waals surface area contributed by atoms with Crippen LogP contribution in [0.5, 0.6) is 0 Å². The maximum atomic E-state index is 9.62. The number of halogens is 2. The Balaban J connectivity index is 1.62. The molecule has 3 rings (SSSR count). The molecule has 0 bridgehead atoms. The summed E-state index contributed by atoms with van der Waals surface area (Å²) < 4.78 is 0. The van der Waals surface area contributed by atoms with Crippen LogP contribution in [-0.2, 0) is 6.42 Å². The van der Waals surface area contributed by atoms with E-state index in [2.05, 4.69) is 16.3 Å². The standard InChI is InChI=1S/C18H23Cl2N3/c19-17-2-1-13(10-18(17)20)9-14-5-8-23(12-15(14)11-21)16-3-6-22-7-4-16/h1-2,10,14-16,22H,3-9,12H2/t14-,15-/m1/s1. The van der Waals surface area contributed by atoms with E-state index in [1.54, 1.807) is 0 Å².